The number of rotatable bonds is 4. The summed E-state index contributed by atoms with van der Waals surface area (Å²) in [6, 6.07) is 3.99. The van der Waals surface area contributed by atoms with E-state index in [0.717, 1.165) is 22.4 Å². The second-order valence-corrected chi connectivity index (χ2v) is 4.75. The monoisotopic (exact) mass is 272 g/mol. The first-order chi connectivity index (χ1) is 7.08. The minimum Gasteiger partial charge on any atom is -0.496 e. The molecule has 2 nitrogen and oxygen atoms in total. The fourth-order valence-corrected chi connectivity index (χ4v) is 2.01. The number of benzene rings is 1. The zero-order valence-electron chi connectivity index (χ0n) is 9.63. The van der Waals surface area contributed by atoms with E-state index in [-0.39, 0.29) is 0 Å². The van der Waals surface area contributed by atoms with E-state index in [2.05, 4.69) is 29.8 Å². The zero-order chi connectivity index (χ0) is 11.4. The Hall–Kier alpha value is -0.700. The summed E-state index contributed by atoms with van der Waals surface area (Å²) in [5, 5.41) is 0. The molecule has 0 heterocycles. The summed E-state index contributed by atoms with van der Waals surface area (Å²) >= 11 is 3.44. The quantitative estimate of drug-likeness (QED) is 0.833. The van der Waals surface area contributed by atoms with Crippen LogP contribution in [0.5, 0.6) is 11.5 Å². The van der Waals surface area contributed by atoms with Crippen LogP contribution in [-0.2, 0) is 6.42 Å². The molecule has 0 atom stereocenters. The Labute approximate surface area is 99.7 Å². The maximum absolute atomic E-state index is 5.34. The van der Waals surface area contributed by atoms with Crippen LogP contribution < -0.4 is 9.47 Å². The molecule has 0 unspecified atom stereocenters. The molecule has 0 N–H and O–H groups in total. The molecule has 0 aliphatic carbocycles. The van der Waals surface area contributed by atoms with Crippen LogP contribution in [0.2, 0.25) is 0 Å². The van der Waals surface area contributed by atoms with E-state index in [4.69, 9.17) is 9.47 Å². The highest BCUT2D eigenvalue weighted by atomic mass is 79.9. The molecule has 0 aliphatic rings. The van der Waals surface area contributed by atoms with Crippen molar-refractivity contribution in [2.75, 3.05) is 14.2 Å². The third kappa shape index (κ3) is 3.13. The van der Waals surface area contributed by atoms with Gasteiger partial charge in [0.1, 0.15) is 11.5 Å². The SMILES string of the molecule is COc1cc(CC(C)C)c(OC)cc1Br. The Kier molecular flexibility index (Phi) is 4.45. The van der Waals surface area contributed by atoms with E-state index < -0.39 is 0 Å². The van der Waals surface area contributed by atoms with Gasteiger partial charge in [-0.1, -0.05) is 13.8 Å². The summed E-state index contributed by atoms with van der Waals surface area (Å²) in [5.74, 6) is 2.37. The second-order valence-electron chi connectivity index (χ2n) is 3.90. The largest absolute Gasteiger partial charge is 0.496 e. The van der Waals surface area contributed by atoms with Crippen molar-refractivity contribution in [1.82, 2.24) is 0 Å². The number of methoxy groups -OCH3 is 2. The van der Waals surface area contributed by atoms with Crippen molar-refractivity contribution in [2.45, 2.75) is 20.3 Å². The molecule has 1 aromatic rings. The van der Waals surface area contributed by atoms with Gasteiger partial charge in [0.25, 0.3) is 0 Å². The average molecular weight is 273 g/mol. The molecule has 15 heavy (non-hydrogen) atoms. The highest BCUT2D eigenvalue weighted by Crippen LogP contribution is 2.33. The van der Waals surface area contributed by atoms with Crippen LogP contribution in [0.3, 0.4) is 0 Å². The van der Waals surface area contributed by atoms with E-state index in [1.807, 2.05) is 12.1 Å². The molecular formula is C12H17BrO2. The lowest BCUT2D eigenvalue weighted by molar-refractivity contribution is 0.394. The number of halogens is 1. The molecule has 0 radical (unpaired) electrons. The van der Waals surface area contributed by atoms with Gasteiger partial charge >= 0.3 is 0 Å². The van der Waals surface area contributed by atoms with Crippen LogP contribution in [0.15, 0.2) is 16.6 Å². The Morgan fingerprint density at radius 2 is 1.73 bits per heavy atom. The molecule has 1 rings (SSSR count). The van der Waals surface area contributed by atoms with Crippen LogP contribution >= 0.6 is 15.9 Å². The Morgan fingerprint density at radius 1 is 1.13 bits per heavy atom. The van der Waals surface area contributed by atoms with Crippen LogP contribution in [-0.4, -0.2) is 14.2 Å². The van der Waals surface area contributed by atoms with Gasteiger partial charge < -0.3 is 9.47 Å². The summed E-state index contributed by atoms with van der Waals surface area (Å²) in [6.45, 7) is 4.38. The first-order valence-electron chi connectivity index (χ1n) is 4.98. The molecule has 1 aromatic carbocycles. The Morgan fingerprint density at radius 3 is 2.20 bits per heavy atom. The van der Waals surface area contributed by atoms with E-state index in [9.17, 15) is 0 Å². The number of ether oxygens (including phenoxy) is 2. The zero-order valence-corrected chi connectivity index (χ0v) is 11.2. The lowest BCUT2D eigenvalue weighted by Gasteiger charge is -2.13. The van der Waals surface area contributed by atoms with Gasteiger partial charge in [-0.25, -0.2) is 0 Å². The predicted octanol–water partition coefficient (Wildman–Crippen LogP) is 3.66. The van der Waals surface area contributed by atoms with Gasteiger partial charge in [0.15, 0.2) is 0 Å². The summed E-state index contributed by atoms with van der Waals surface area (Å²) in [4.78, 5) is 0. The molecule has 3 heteroatoms. The molecule has 0 fully saturated rings. The van der Waals surface area contributed by atoms with Crippen molar-refractivity contribution in [3.63, 3.8) is 0 Å². The lowest BCUT2D eigenvalue weighted by Crippen LogP contribution is -1.99. The van der Waals surface area contributed by atoms with Gasteiger partial charge in [0, 0.05) is 0 Å². The minimum absolute atomic E-state index is 0.602. The number of hydrogen-bond donors (Lipinski definition) is 0. The summed E-state index contributed by atoms with van der Waals surface area (Å²) in [6.07, 6.45) is 0.993. The summed E-state index contributed by atoms with van der Waals surface area (Å²) in [7, 11) is 3.36. The molecular weight excluding hydrogens is 256 g/mol. The van der Waals surface area contributed by atoms with Gasteiger partial charge in [0.05, 0.1) is 18.7 Å². The normalized spacial score (nSPS) is 10.5. The molecule has 0 aromatic heterocycles. The van der Waals surface area contributed by atoms with Crippen LogP contribution in [0.1, 0.15) is 19.4 Å². The van der Waals surface area contributed by atoms with E-state index in [1.165, 1.54) is 5.56 Å². The number of hydrogen-bond acceptors (Lipinski definition) is 2. The van der Waals surface area contributed by atoms with Crippen molar-refractivity contribution in [2.24, 2.45) is 5.92 Å². The molecule has 0 saturated carbocycles. The second kappa shape index (κ2) is 5.40. The van der Waals surface area contributed by atoms with Crippen molar-refractivity contribution in [3.8, 4) is 11.5 Å². The van der Waals surface area contributed by atoms with Crippen LogP contribution in [0.4, 0.5) is 0 Å². The summed E-state index contributed by atoms with van der Waals surface area (Å²) < 4.78 is 11.5. The van der Waals surface area contributed by atoms with Gasteiger partial charge in [-0.3, -0.25) is 0 Å². The molecule has 0 saturated heterocycles. The first-order valence-corrected chi connectivity index (χ1v) is 5.78. The Bertz CT molecular complexity index is 335. The van der Waals surface area contributed by atoms with E-state index in [0.29, 0.717) is 5.92 Å². The fraction of sp³-hybridized carbons (Fsp3) is 0.500. The lowest BCUT2D eigenvalue weighted by atomic mass is 10.0. The standard InChI is InChI=1S/C12H17BrO2/c1-8(2)5-9-6-12(15-4)10(13)7-11(9)14-3/h6-8H,5H2,1-4H3. The Balaban J connectivity index is 3.10. The van der Waals surface area contributed by atoms with Crippen LogP contribution in [0.25, 0.3) is 0 Å². The van der Waals surface area contributed by atoms with Gasteiger partial charge in [-0.2, -0.15) is 0 Å². The van der Waals surface area contributed by atoms with Gasteiger partial charge in [0.2, 0.25) is 0 Å². The van der Waals surface area contributed by atoms with Crippen molar-refractivity contribution >= 4 is 15.9 Å². The molecule has 0 bridgehead atoms. The van der Waals surface area contributed by atoms with Gasteiger partial charge in [-0.15, -0.1) is 0 Å². The maximum Gasteiger partial charge on any atom is 0.133 e. The fourth-order valence-electron chi connectivity index (χ4n) is 1.52. The van der Waals surface area contributed by atoms with Gasteiger partial charge in [-0.05, 0) is 46.0 Å². The van der Waals surface area contributed by atoms with Crippen molar-refractivity contribution < 1.29 is 9.47 Å². The average Bonchev–Trinajstić information content (AvgIpc) is 2.19. The minimum atomic E-state index is 0.602. The third-order valence-corrected chi connectivity index (χ3v) is 2.80. The summed E-state index contributed by atoms with van der Waals surface area (Å²) in [5.41, 5.74) is 1.19. The molecule has 0 amide bonds. The molecule has 0 aliphatic heterocycles. The van der Waals surface area contributed by atoms with Crippen LogP contribution in [0, 0.1) is 5.92 Å². The molecule has 0 spiro atoms. The van der Waals surface area contributed by atoms with Crippen molar-refractivity contribution in [1.29, 1.82) is 0 Å². The smallest absolute Gasteiger partial charge is 0.133 e. The molecule has 84 valence electrons. The predicted molar refractivity (Wildman–Crippen MR) is 65.8 cm³/mol. The van der Waals surface area contributed by atoms with E-state index in [1.54, 1.807) is 14.2 Å². The van der Waals surface area contributed by atoms with E-state index >= 15 is 0 Å². The highest BCUT2D eigenvalue weighted by Gasteiger charge is 2.10. The third-order valence-electron chi connectivity index (χ3n) is 2.18. The maximum atomic E-state index is 5.34. The van der Waals surface area contributed by atoms with Crippen molar-refractivity contribution in [3.05, 3.63) is 22.2 Å². The first kappa shape index (κ1) is 12.4. The highest BCUT2D eigenvalue weighted by molar-refractivity contribution is 9.10. The topological polar surface area (TPSA) is 18.5 Å².